The molecule has 1 aromatic carbocycles. The van der Waals surface area contributed by atoms with Crippen molar-refractivity contribution in [2.75, 3.05) is 0 Å². The Morgan fingerprint density at radius 1 is 1.25 bits per heavy atom. The van der Waals surface area contributed by atoms with E-state index in [0.717, 1.165) is 5.56 Å². The van der Waals surface area contributed by atoms with Gasteiger partial charge in [0.2, 0.25) is 0 Å². The summed E-state index contributed by atoms with van der Waals surface area (Å²) in [7, 11) is 0. The Bertz CT molecular complexity index is 401. The summed E-state index contributed by atoms with van der Waals surface area (Å²) in [5.74, 6) is 0. The van der Waals surface area contributed by atoms with Gasteiger partial charge in [0.15, 0.2) is 0 Å². The zero-order valence-electron chi connectivity index (χ0n) is 9.33. The normalized spacial score (nSPS) is 14.4. The minimum Gasteiger partial charge on any atom is -0.591 e. The van der Waals surface area contributed by atoms with Gasteiger partial charge in [0, 0.05) is 0 Å². The molecule has 0 N–H and O–H groups in total. The van der Waals surface area contributed by atoms with Crippen LogP contribution in [0.4, 0.5) is 0 Å². The molecule has 0 spiro atoms. The SMILES string of the molecule is CC(C)(C)[S+]([O-])N=Cc1ccc(Cl)c(Cl)c1. The monoisotopic (exact) mass is 277 g/mol. The molecule has 0 bridgehead atoms. The van der Waals surface area contributed by atoms with Crippen LogP contribution in [0.3, 0.4) is 0 Å². The Hall–Kier alpha value is -0.220. The second-order valence-corrected chi connectivity index (χ2v) is 7.02. The highest BCUT2D eigenvalue weighted by Crippen LogP contribution is 2.22. The zero-order valence-corrected chi connectivity index (χ0v) is 11.7. The summed E-state index contributed by atoms with van der Waals surface area (Å²) in [6.45, 7) is 5.61. The van der Waals surface area contributed by atoms with Crippen LogP contribution in [0.15, 0.2) is 22.6 Å². The van der Waals surface area contributed by atoms with Gasteiger partial charge >= 0.3 is 0 Å². The Morgan fingerprint density at radius 3 is 2.38 bits per heavy atom. The molecule has 0 radical (unpaired) electrons. The first-order valence-corrected chi connectivity index (χ1v) is 6.58. The van der Waals surface area contributed by atoms with E-state index in [1.807, 2.05) is 20.8 Å². The van der Waals surface area contributed by atoms with Gasteiger partial charge in [-0.1, -0.05) is 33.7 Å². The third-order valence-corrected chi connectivity index (χ3v) is 3.85. The minimum atomic E-state index is -1.26. The highest BCUT2D eigenvalue weighted by molar-refractivity contribution is 7.91. The van der Waals surface area contributed by atoms with Gasteiger partial charge in [-0.15, -0.1) is 0 Å². The molecule has 1 aromatic rings. The lowest BCUT2D eigenvalue weighted by molar-refractivity contribution is 0.562. The maximum absolute atomic E-state index is 11.6. The molecular weight excluding hydrogens is 265 g/mol. The van der Waals surface area contributed by atoms with Gasteiger partial charge in [-0.3, -0.25) is 0 Å². The van der Waals surface area contributed by atoms with Crippen LogP contribution < -0.4 is 0 Å². The number of nitrogens with zero attached hydrogens (tertiary/aromatic N) is 1. The molecule has 1 unspecified atom stereocenters. The van der Waals surface area contributed by atoms with Gasteiger partial charge in [0.05, 0.1) is 16.3 Å². The van der Waals surface area contributed by atoms with Crippen LogP contribution >= 0.6 is 23.2 Å². The largest absolute Gasteiger partial charge is 0.591 e. The molecule has 0 aliphatic rings. The van der Waals surface area contributed by atoms with Gasteiger partial charge < -0.3 is 4.55 Å². The summed E-state index contributed by atoms with van der Waals surface area (Å²) in [4.78, 5) is 0. The van der Waals surface area contributed by atoms with Crippen LogP contribution in [-0.4, -0.2) is 15.5 Å². The second kappa shape index (κ2) is 5.41. The molecule has 0 aromatic heterocycles. The third kappa shape index (κ3) is 3.98. The van der Waals surface area contributed by atoms with E-state index in [1.165, 1.54) is 0 Å². The van der Waals surface area contributed by atoms with Crippen LogP contribution in [-0.2, 0) is 11.4 Å². The number of benzene rings is 1. The Morgan fingerprint density at radius 2 is 1.88 bits per heavy atom. The number of halogens is 2. The first kappa shape index (κ1) is 13.8. The topological polar surface area (TPSA) is 35.4 Å². The van der Waals surface area contributed by atoms with Crippen molar-refractivity contribution in [2.24, 2.45) is 4.40 Å². The van der Waals surface area contributed by atoms with Crippen molar-refractivity contribution in [3.8, 4) is 0 Å². The van der Waals surface area contributed by atoms with E-state index in [4.69, 9.17) is 23.2 Å². The minimum absolute atomic E-state index is 0.354. The Labute approximate surface area is 109 Å². The summed E-state index contributed by atoms with van der Waals surface area (Å²) in [6, 6.07) is 5.15. The van der Waals surface area contributed by atoms with Crippen LogP contribution in [0.25, 0.3) is 0 Å². The van der Waals surface area contributed by atoms with Crippen LogP contribution in [0.1, 0.15) is 26.3 Å². The quantitative estimate of drug-likeness (QED) is 0.597. The fourth-order valence-corrected chi connectivity index (χ4v) is 1.70. The number of hydrogen-bond donors (Lipinski definition) is 0. The average Bonchev–Trinajstić information content (AvgIpc) is 2.18. The highest BCUT2D eigenvalue weighted by Gasteiger charge is 2.25. The van der Waals surface area contributed by atoms with Crippen molar-refractivity contribution >= 4 is 40.8 Å². The van der Waals surface area contributed by atoms with E-state index in [9.17, 15) is 4.55 Å². The number of hydrogen-bond acceptors (Lipinski definition) is 2. The summed E-state index contributed by atoms with van der Waals surface area (Å²) in [5, 5.41) is 0.961. The molecule has 2 nitrogen and oxygen atoms in total. The summed E-state index contributed by atoms with van der Waals surface area (Å²) < 4.78 is 15.3. The molecule has 88 valence electrons. The zero-order chi connectivity index (χ0) is 12.3. The van der Waals surface area contributed by atoms with Crippen molar-refractivity contribution in [2.45, 2.75) is 25.5 Å². The van der Waals surface area contributed by atoms with Crippen LogP contribution in [0.5, 0.6) is 0 Å². The first-order chi connectivity index (χ1) is 7.30. The van der Waals surface area contributed by atoms with Crippen molar-refractivity contribution in [1.82, 2.24) is 0 Å². The van der Waals surface area contributed by atoms with Crippen LogP contribution in [0, 0.1) is 0 Å². The standard InChI is InChI=1S/C11H13Cl2NOS/c1-11(2,3)16(15)14-7-8-4-5-9(12)10(13)6-8/h4-7H,1-3H3. The van der Waals surface area contributed by atoms with E-state index < -0.39 is 11.4 Å². The van der Waals surface area contributed by atoms with Crippen molar-refractivity contribution in [3.05, 3.63) is 33.8 Å². The molecule has 0 aliphatic carbocycles. The van der Waals surface area contributed by atoms with Gasteiger partial charge in [-0.05, 0) is 38.5 Å². The fourth-order valence-electron chi connectivity index (χ4n) is 0.860. The van der Waals surface area contributed by atoms with Crippen molar-refractivity contribution in [1.29, 1.82) is 0 Å². The van der Waals surface area contributed by atoms with Crippen molar-refractivity contribution < 1.29 is 4.55 Å². The van der Waals surface area contributed by atoms with Crippen LogP contribution in [0.2, 0.25) is 10.0 Å². The maximum atomic E-state index is 11.6. The lowest BCUT2D eigenvalue weighted by Crippen LogP contribution is -2.25. The molecule has 0 aliphatic heterocycles. The lowest BCUT2D eigenvalue weighted by atomic mass is 10.2. The predicted molar refractivity (Wildman–Crippen MR) is 72.0 cm³/mol. The molecule has 16 heavy (non-hydrogen) atoms. The molecule has 0 heterocycles. The summed E-state index contributed by atoms with van der Waals surface area (Å²) >= 11 is 10.4. The molecule has 0 saturated carbocycles. The summed E-state index contributed by atoms with van der Waals surface area (Å²) in [5.41, 5.74) is 0.784. The van der Waals surface area contributed by atoms with E-state index in [-0.39, 0.29) is 4.75 Å². The van der Waals surface area contributed by atoms with Gasteiger partial charge in [-0.25, -0.2) is 0 Å². The molecule has 1 atom stereocenters. The third-order valence-electron chi connectivity index (χ3n) is 1.77. The molecular formula is C11H13Cl2NOS. The predicted octanol–water partition coefficient (Wildman–Crippen LogP) is 3.87. The highest BCUT2D eigenvalue weighted by atomic mass is 35.5. The Kier molecular flexibility index (Phi) is 4.68. The molecule has 0 amide bonds. The van der Waals surface area contributed by atoms with E-state index in [2.05, 4.69) is 4.40 Å². The molecule has 5 heteroatoms. The van der Waals surface area contributed by atoms with E-state index in [0.29, 0.717) is 10.0 Å². The second-order valence-electron chi connectivity index (χ2n) is 4.27. The number of rotatable bonds is 2. The van der Waals surface area contributed by atoms with Gasteiger partial charge in [-0.2, -0.15) is 0 Å². The van der Waals surface area contributed by atoms with Crippen molar-refractivity contribution in [3.63, 3.8) is 0 Å². The maximum Gasteiger partial charge on any atom is 0.144 e. The fraction of sp³-hybridized carbons (Fsp3) is 0.364. The Balaban J connectivity index is 2.81. The van der Waals surface area contributed by atoms with Gasteiger partial charge in [0.25, 0.3) is 0 Å². The van der Waals surface area contributed by atoms with Gasteiger partial charge in [0.1, 0.15) is 16.1 Å². The smallest absolute Gasteiger partial charge is 0.144 e. The molecule has 0 saturated heterocycles. The summed E-state index contributed by atoms with van der Waals surface area (Å²) in [6.07, 6.45) is 1.55. The molecule has 1 rings (SSSR count). The van der Waals surface area contributed by atoms with E-state index >= 15 is 0 Å². The average molecular weight is 278 g/mol. The first-order valence-electron chi connectivity index (χ1n) is 4.72. The van der Waals surface area contributed by atoms with E-state index in [1.54, 1.807) is 24.4 Å². The molecule has 0 fully saturated rings. The lowest BCUT2D eigenvalue weighted by Gasteiger charge is -2.17.